The summed E-state index contributed by atoms with van der Waals surface area (Å²) in [4.78, 5) is 9.18. The first kappa shape index (κ1) is 10.5. The molecule has 2 heterocycles. The Hall–Kier alpha value is -1.70. The SMILES string of the molecule is Cc1cnc2c(c1)-c1c(C)c(C)nc(C)c1C2. The summed E-state index contributed by atoms with van der Waals surface area (Å²) < 4.78 is 0. The molecule has 0 N–H and O–H groups in total. The van der Waals surface area contributed by atoms with Gasteiger partial charge >= 0.3 is 0 Å². The van der Waals surface area contributed by atoms with Gasteiger partial charge < -0.3 is 0 Å². The second-order valence-electron chi connectivity index (χ2n) is 4.94. The molecule has 86 valence electrons. The van der Waals surface area contributed by atoms with Crippen LogP contribution in [-0.4, -0.2) is 9.97 Å². The molecular formula is C15H16N2. The fourth-order valence-corrected chi connectivity index (χ4v) is 2.69. The van der Waals surface area contributed by atoms with E-state index in [0.717, 1.165) is 17.8 Å². The van der Waals surface area contributed by atoms with Crippen molar-refractivity contribution in [3.8, 4) is 11.1 Å². The third-order valence-corrected chi connectivity index (χ3v) is 3.71. The number of pyridine rings is 2. The summed E-state index contributed by atoms with van der Waals surface area (Å²) in [6.07, 6.45) is 2.89. The molecule has 0 saturated carbocycles. The minimum atomic E-state index is 0.935. The largest absolute Gasteiger partial charge is 0.260 e. The average Bonchev–Trinajstić information content (AvgIpc) is 2.65. The van der Waals surface area contributed by atoms with Crippen molar-refractivity contribution in [3.05, 3.63) is 46.0 Å². The van der Waals surface area contributed by atoms with Gasteiger partial charge in [-0.1, -0.05) is 0 Å². The summed E-state index contributed by atoms with van der Waals surface area (Å²) in [5.41, 5.74) is 10.1. The number of fused-ring (bicyclic) bond motifs is 3. The standard InChI is InChI=1S/C15H16N2/c1-8-5-13-14(16-7-8)6-12-11(4)17-10(3)9(2)15(12)13/h5,7H,6H2,1-4H3. The van der Waals surface area contributed by atoms with Gasteiger partial charge in [-0.2, -0.15) is 0 Å². The summed E-state index contributed by atoms with van der Waals surface area (Å²) in [6, 6.07) is 2.25. The van der Waals surface area contributed by atoms with Crippen molar-refractivity contribution < 1.29 is 0 Å². The van der Waals surface area contributed by atoms with Crippen LogP contribution in [0, 0.1) is 27.7 Å². The van der Waals surface area contributed by atoms with Gasteiger partial charge in [-0.25, -0.2) is 0 Å². The molecule has 2 nitrogen and oxygen atoms in total. The van der Waals surface area contributed by atoms with Crippen LogP contribution in [0.3, 0.4) is 0 Å². The van der Waals surface area contributed by atoms with E-state index in [-0.39, 0.29) is 0 Å². The number of aryl methyl sites for hydroxylation is 3. The first-order valence-electron chi connectivity index (χ1n) is 6.00. The fourth-order valence-electron chi connectivity index (χ4n) is 2.69. The van der Waals surface area contributed by atoms with Crippen molar-refractivity contribution in [1.82, 2.24) is 9.97 Å². The predicted molar refractivity (Wildman–Crippen MR) is 69.2 cm³/mol. The lowest BCUT2D eigenvalue weighted by Crippen LogP contribution is -1.97. The lowest BCUT2D eigenvalue weighted by molar-refractivity contribution is 1.03. The van der Waals surface area contributed by atoms with Gasteiger partial charge in [0, 0.05) is 29.6 Å². The molecular weight excluding hydrogens is 208 g/mol. The maximum absolute atomic E-state index is 4.62. The van der Waals surface area contributed by atoms with Crippen LogP contribution < -0.4 is 0 Å². The zero-order chi connectivity index (χ0) is 12.2. The number of nitrogens with zero attached hydrogens (tertiary/aromatic N) is 2. The molecule has 2 heteroatoms. The highest BCUT2D eigenvalue weighted by Crippen LogP contribution is 2.39. The molecule has 2 aromatic heterocycles. The molecule has 0 bridgehead atoms. The smallest absolute Gasteiger partial charge is 0.0526 e. The molecule has 17 heavy (non-hydrogen) atoms. The first-order valence-corrected chi connectivity index (χ1v) is 6.00. The van der Waals surface area contributed by atoms with Gasteiger partial charge in [0.15, 0.2) is 0 Å². The van der Waals surface area contributed by atoms with Crippen molar-refractivity contribution >= 4 is 0 Å². The molecule has 0 aliphatic heterocycles. The highest BCUT2D eigenvalue weighted by molar-refractivity contribution is 5.79. The van der Waals surface area contributed by atoms with E-state index in [1.807, 2.05) is 6.20 Å². The predicted octanol–water partition coefficient (Wildman–Crippen LogP) is 3.28. The summed E-state index contributed by atoms with van der Waals surface area (Å²) >= 11 is 0. The molecule has 0 amide bonds. The minimum Gasteiger partial charge on any atom is -0.260 e. The topological polar surface area (TPSA) is 25.8 Å². The van der Waals surface area contributed by atoms with Crippen molar-refractivity contribution in [1.29, 1.82) is 0 Å². The van der Waals surface area contributed by atoms with Gasteiger partial charge in [0.25, 0.3) is 0 Å². The number of hydrogen-bond donors (Lipinski definition) is 0. The van der Waals surface area contributed by atoms with Crippen molar-refractivity contribution in [2.24, 2.45) is 0 Å². The summed E-state index contributed by atoms with van der Waals surface area (Å²) in [5, 5.41) is 0. The Labute approximate surface area is 102 Å². The highest BCUT2D eigenvalue weighted by Gasteiger charge is 2.24. The van der Waals surface area contributed by atoms with E-state index in [4.69, 9.17) is 0 Å². The second kappa shape index (κ2) is 3.39. The van der Waals surface area contributed by atoms with Gasteiger partial charge in [0.1, 0.15) is 0 Å². The van der Waals surface area contributed by atoms with Crippen LogP contribution in [0.25, 0.3) is 11.1 Å². The Morgan fingerprint density at radius 1 is 1.06 bits per heavy atom. The third kappa shape index (κ3) is 1.40. The van der Waals surface area contributed by atoms with E-state index < -0.39 is 0 Å². The monoisotopic (exact) mass is 224 g/mol. The van der Waals surface area contributed by atoms with Gasteiger partial charge in [0.05, 0.1) is 5.69 Å². The van der Waals surface area contributed by atoms with Crippen molar-refractivity contribution in [3.63, 3.8) is 0 Å². The summed E-state index contributed by atoms with van der Waals surface area (Å²) in [6.45, 7) is 8.45. The van der Waals surface area contributed by atoms with Gasteiger partial charge in [-0.3, -0.25) is 9.97 Å². The van der Waals surface area contributed by atoms with Crippen LogP contribution >= 0.6 is 0 Å². The van der Waals surface area contributed by atoms with Crippen LogP contribution in [0.2, 0.25) is 0 Å². The number of rotatable bonds is 0. The Balaban J connectivity index is 2.38. The van der Waals surface area contributed by atoms with Gasteiger partial charge in [-0.15, -0.1) is 0 Å². The van der Waals surface area contributed by atoms with E-state index in [1.165, 1.54) is 33.5 Å². The van der Waals surface area contributed by atoms with E-state index >= 15 is 0 Å². The molecule has 2 aromatic rings. The van der Waals surface area contributed by atoms with Crippen LogP contribution in [0.1, 0.15) is 33.8 Å². The lowest BCUT2D eigenvalue weighted by atomic mass is 9.99. The lowest BCUT2D eigenvalue weighted by Gasteiger charge is -2.10. The zero-order valence-electron chi connectivity index (χ0n) is 10.8. The third-order valence-electron chi connectivity index (χ3n) is 3.71. The quantitative estimate of drug-likeness (QED) is 0.585. The Morgan fingerprint density at radius 3 is 2.59 bits per heavy atom. The number of aromatic nitrogens is 2. The minimum absolute atomic E-state index is 0.935. The molecule has 0 radical (unpaired) electrons. The normalized spacial score (nSPS) is 12.5. The molecule has 0 fully saturated rings. The zero-order valence-corrected chi connectivity index (χ0v) is 10.8. The Bertz CT molecular complexity index is 627. The molecule has 3 rings (SSSR count). The van der Waals surface area contributed by atoms with Gasteiger partial charge in [0.2, 0.25) is 0 Å². The van der Waals surface area contributed by atoms with Crippen LogP contribution in [0.15, 0.2) is 12.3 Å². The van der Waals surface area contributed by atoms with Crippen molar-refractivity contribution in [2.75, 3.05) is 0 Å². The van der Waals surface area contributed by atoms with Crippen LogP contribution in [0.4, 0.5) is 0 Å². The summed E-state index contributed by atoms with van der Waals surface area (Å²) in [5.74, 6) is 0. The van der Waals surface area contributed by atoms with E-state index in [1.54, 1.807) is 0 Å². The van der Waals surface area contributed by atoms with Gasteiger partial charge in [-0.05, 0) is 56.0 Å². The Morgan fingerprint density at radius 2 is 1.82 bits per heavy atom. The van der Waals surface area contributed by atoms with E-state index in [0.29, 0.717) is 0 Å². The van der Waals surface area contributed by atoms with Crippen LogP contribution in [0.5, 0.6) is 0 Å². The maximum Gasteiger partial charge on any atom is 0.0526 e. The first-order chi connectivity index (χ1) is 8.08. The highest BCUT2D eigenvalue weighted by atomic mass is 14.7. The van der Waals surface area contributed by atoms with E-state index in [2.05, 4.69) is 43.7 Å². The molecule has 0 atom stereocenters. The fraction of sp³-hybridized carbons (Fsp3) is 0.333. The van der Waals surface area contributed by atoms with Crippen molar-refractivity contribution in [2.45, 2.75) is 34.1 Å². The molecule has 0 spiro atoms. The Kier molecular flexibility index (Phi) is 2.09. The molecule has 1 aliphatic carbocycles. The maximum atomic E-state index is 4.62. The summed E-state index contributed by atoms with van der Waals surface area (Å²) in [7, 11) is 0. The number of hydrogen-bond acceptors (Lipinski definition) is 2. The molecule has 0 unspecified atom stereocenters. The van der Waals surface area contributed by atoms with E-state index in [9.17, 15) is 0 Å². The average molecular weight is 224 g/mol. The second-order valence-corrected chi connectivity index (χ2v) is 4.94. The molecule has 1 aliphatic rings. The van der Waals surface area contributed by atoms with Crippen LogP contribution in [-0.2, 0) is 6.42 Å². The molecule has 0 saturated heterocycles. The molecule has 0 aromatic carbocycles.